The molecule has 0 radical (unpaired) electrons. The van der Waals surface area contributed by atoms with E-state index in [1.165, 1.54) is 0 Å². The summed E-state index contributed by atoms with van der Waals surface area (Å²) >= 11 is 1.64. The average molecular weight is 297 g/mol. The minimum atomic E-state index is -0.0205. The van der Waals surface area contributed by atoms with Gasteiger partial charge in [-0.25, -0.2) is 0 Å². The van der Waals surface area contributed by atoms with Crippen LogP contribution < -0.4 is 5.32 Å². The Labute approximate surface area is 127 Å². The molecule has 0 saturated heterocycles. The van der Waals surface area contributed by atoms with Crippen LogP contribution in [0.25, 0.3) is 0 Å². The zero-order chi connectivity index (χ0) is 14.5. The third kappa shape index (κ3) is 3.38. The van der Waals surface area contributed by atoms with Crippen LogP contribution in [0.5, 0.6) is 0 Å². The molecule has 0 saturated carbocycles. The van der Waals surface area contributed by atoms with Crippen LogP contribution in [0, 0.1) is 0 Å². The lowest BCUT2D eigenvalue weighted by Crippen LogP contribution is -2.19. The summed E-state index contributed by atoms with van der Waals surface area (Å²) in [6, 6.07) is 9.66. The molecule has 3 heterocycles. The van der Waals surface area contributed by atoms with Gasteiger partial charge in [-0.2, -0.15) is 11.3 Å². The molecule has 106 valence electrons. The predicted octanol–water partition coefficient (Wildman–Crippen LogP) is 3.56. The number of pyridine rings is 1. The summed E-state index contributed by atoms with van der Waals surface area (Å²) in [4.78, 5) is 16.3. The first kappa shape index (κ1) is 13.6. The van der Waals surface area contributed by atoms with Crippen LogP contribution in [-0.2, 0) is 4.79 Å². The van der Waals surface area contributed by atoms with Crippen LogP contribution in [0.4, 0.5) is 5.69 Å². The van der Waals surface area contributed by atoms with Crippen molar-refractivity contribution >= 4 is 22.9 Å². The fourth-order valence-corrected chi connectivity index (χ4v) is 2.95. The SMILES string of the molecule is O=C(C[C@@H](c1ccsc1)n1cccc1)Nc1cccnc1. The Morgan fingerprint density at radius 3 is 2.81 bits per heavy atom. The summed E-state index contributed by atoms with van der Waals surface area (Å²) in [6.07, 6.45) is 7.69. The number of rotatable bonds is 5. The summed E-state index contributed by atoms with van der Waals surface area (Å²) in [5, 5.41) is 7.00. The normalized spacial score (nSPS) is 12.0. The fourth-order valence-electron chi connectivity index (χ4n) is 2.24. The quantitative estimate of drug-likeness (QED) is 0.782. The number of thiophene rings is 1. The van der Waals surface area contributed by atoms with Gasteiger partial charge in [-0.3, -0.25) is 9.78 Å². The van der Waals surface area contributed by atoms with Gasteiger partial charge in [-0.05, 0) is 46.7 Å². The highest BCUT2D eigenvalue weighted by atomic mass is 32.1. The third-order valence-corrected chi connectivity index (χ3v) is 3.94. The van der Waals surface area contributed by atoms with E-state index in [1.54, 1.807) is 29.8 Å². The first-order chi connectivity index (χ1) is 10.3. The first-order valence-electron chi connectivity index (χ1n) is 6.67. The molecule has 5 heteroatoms. The number of anilines is 1. The molecule has 0 fully saturated rings. The number of hydrogen-bond acceptors (Lipinski definition) is 3. The van der Waals surface area contributed by atoms with E-state index in [2.05, 4.69) is 26.3 Å². The molecule has 0 aliphatic rings. The summed E-state index contributed by atoms with van der Waals surface area (Å²) < 4.78 is 2.06. The molecule has 3 rings (SSSR count). The van der Waals surface area contributed by atoms with Gasteiger partial charge in [0.25, 0.3) is 0 Å². The number of nitrogens with one attached hydrogen (secondary N) is 1. The molecule has 4 nitrogen and oxygen atoms in total. The molecule has 21 heavy (non-hydrogen) atoms. The van der Waals surface area contributed by atoms with Gasteiger partial charge in [0.2, 0.25) is 5.91 Å². The van der Waals surface area contributed by atoms with E-state index in [0.29, 0.717) is 6.42 Å². The first-order valence-corrected chi connectivity index (χ1v) is 7.61. The largest absolute Gasteiger partial charge is 0.346 e. The molecular formula is C16H15N3OS. The second kappa shape index (κ2) is 6.37. The van der Waals surface area contributed by atoms with E-state index in [1.807, 2.05) is 36.0 Å². The minimum absolute atomic E-state index is 0.0166. The molecule has 0 bridgehead atoms. The molecule has 0 unspecified atom stereocenters. The van der Waals surface area contributed by atoms with Gasteiger partial charge in [-0.1, -0.05) is 0 Å². The number of carbonyl (C=O) groups is 1. The van der Waals surface area contributed by atoms with Gasteiger partial charge >= 0.3 is 0 Å². The molecular weight excluding hydrogens is 282 g/mol. The van der Waals surface area contributed by atoms with Gasteiger partial charge in [0.1, 0.15) is 0 Å². The van der Waals surface area contributed by atoms with E-state index in [-0.39, 0.29) is 11.9 Å². The van der Waals surface area contributed by atoms with Crippen molar-refractivity contribution in [2.75, 3.05) is 5.32 Å². The maximum Gasteiger partial charge on any atom is 0.226 e. The topological polar surface area (TPSA) is 46.9 Å². The van der Waals surface area contributed by atoms with Crippen molar-refractivity contribution < 1.29 is 4.79 Å². The van der Waals surface area contributed by atoms with Crippen molar-refractivity contribution in [2.24, 2.45) is 0 Å². The van der Waals surface area contributed by atoms with Gasteiger partial charge in [0.05, 0.1) is 24.3 Å². The van der Waals surface area contributed by atoms with Crippen LogP contribution in [0.1, 0.15) is 18.0 Å². The number of amides is 1. The second-order valence-corrected chi connectivity index (χ2v) is 5.48. The summed E-state index contributed by atoms with van der Waals surface area (Å²) in [5.74, 6) is -0.0205. The minimum Gasteiger partial charge on any atom is -0.346 e. The predicted molar refractivity (Wildman–Crippen MR) is 84.4 cm³/mol. The lowest BCUT2D eigenvalue weighted by Gasteiger charge is -2.17. The van der Waals surface area contributed by atoms with Crippen molar-refractivity contribution in [3.63, 3.8) is 0 Å². The Kier molecular flexibility index (Phi) is 4.12. The van der Waals surface area contributed by atoms with E-state index in [4.69, 9.17) is 0 Å². The molecule has 0 aliphatic carbocycles. The highest BCUT2D eigenvalue weighted by molar-refractivity contribution is 7.08. The highest BCUT2D eigenvalue weighted by Gasteiger charge is 2.17. The second-order valence-electron chi connectivity index (χ2n) is 4.70. The zero-order valence-corrected chi connectivity index (χ0v) is 12.2. The molecule has 1 atom stereocenters. The third-order valence-electron chi connectivity index (χ3n) is 3.24. The number of aromatic nitrogens is 2. The monoisotopic (exact) mass is 297 g/mol. The molecule has 3 aromatic rings. The number of hydrogen-bond donors (Lipinski definition) is 1. The Morgan fingerprint density at radius 2 is 2.14 bits per heavy atom. The molecule has 0 aliphatic heterocycles. The molecule has 0 aromatic carbocycles. The summed E-state index contributed by atoms with van der Waals surface area (Å²) in [5.41, 5.74) is 1.87. The van der Waals surface area contributed by atoms with Crippen molar-refractivity contribution in [3.8, 4) is 0 Å². The Hall–Kier alpha value is -2.40. The van der Waals surface area contributed by atoms with Gasteiger partial charge in [0, 0.05) is 18.6 Å². The molecule has 1 amide bonds. The van der Waals surface area contributed by atoms with Gasteiger partial charge in [-0.15, -0.1) is 0 Å². The van der Waals surface area contributed by atoms with Crippen LogP contribution in [0.15, 0.2) is 65.9 Å². The molecule has 3 aromatic heterocycles. The Balaban J connectivity index is 1.75. The number of carbonyl (C=O) groups excluding carboxylic acids is 1. The maximum absolute atomic E-state index is 12.3. The average Bonchev–Trinajstić information content (AvgIpc) is 3.19. The lowest BCUT2D eigenvalue weighted by atomic mass is 10.1. The fraction of sp³-hybridized carbons (Fsp3) is 0.125. The van der Waals surface area contributed by atoms with Crippen LogP contribution in [0.2, 0.25) is 0 Å². The number of nitrogens with zero attached hydrogens (tertiary/aromatic N) is 2. The Bertz CT molecular complexity index is 643. The van der Waals surface area contributed by atoms with Crippen LogP contribution in [-0.4, -0.2) is 15.5 Å². The van der Waals surface area contributed by atoms with Crippen molar-refractivity contribution in [3.05, 3.63) is 71.4 Å². The van der Waals surface area contributed by atoms with E-state index >= 15 is 0 Å². The smallest absolute Gasteiger partial charge is 0.226 e. The van der Waals surface area contributed by atoms with E-state index in [9.17, 15) is 4.79 Å². The van der Waals surface area contributed by atoms with Crippen LogP contribution >= 0.6 is 11.3 Å². The van der Waals surface area contributed by atoms with Crippen molar-refractivity contribution in [2.45, 2.75) is 12.5 Å². The highest BCUT2D eigenvalue weighted by Crippen LogP contribution is 2.25. The lowest BCUT2D eigenvalue weighted by molar-refractivity contribution is -0.116. The van der Waals surface area contributed by atoms with E-state index < -0.39 is 0 Å². The van der Waals surface area contributed by atoms with Crippen molar-refractivity contribution in [1.29, 1.82) is 0 Å². The molecule has 1 N–H and O–H groups in total. The van der Waals surface area contributed by atoms with Gasteiger partial charge < -0.3 is 9.88 Å². The van der Waals surface area contributed by atoms with Gasteiger partial charge in [0.15, 0.2) is 0 Å². The van der Waals surface area contributed by atoms with Crippen molar-refractivity contribution in [1.82, 2.24) is 9.55 Å². The van der Waals surface area contributed by atoms with Crippen LogP contribution in [0.3, 0.4) is 0 Å². The zero-order valence-electron chi connectivity index (χ0n) is 11.3. The standard InChI is InChI=1S/C16H15N3OS/c20-16(18-14-4-3-6-17-11-14)10-15(13-5-9-21-12-13)19-7-1-2-8-19/h1-9,11-12,15H,10H2,(H,18,20)/t15-/m0/s1. The Morgan fingerprint density at radius 1 is 1.29 bits per heavy atom. The van der Waals surface area contributed by atoms with E-state index in [0.717, 1.165) is 11.3 Å². The molecule has 0 spiro atoms. The summed E-state index contributed by atoms with van der Waals surface area (Å²) in [7, 11) is 0. The maximum atomic E-state index is 12.3. The summed E-state index contributed by atoms with van der Waals surface area (Å²) in [6.45, 7) is 0.